The molecule has 0 unspecified atom stereocenters. The van der Waals surface area contributed by atoms with Gasteiger partial charge in [0.25, 0.3) is 0 Å². The highest BCUT2D eigenvalue weighted by atomic mass is 16.2. The van der Waals surface area contributed by atoms with Gasteiger partial charge in [-0.25, -0.2) is 0 Å². The molecule has 0 aliphatic carbocycles. The van der Waals surface area contributed by atoms with Gasteiger partial charge in [0.2, 0.25) is 5.91 Å². The smallest absolute Gasteiger partial charge is 0.236 e. The van der Waals surface area contributed by atoms with Crippen LogP contribution in [0.5, 0.6) is 0 Å². The van der Waals surface area contributed by atoms with Crippen molar-refractivity contribution in [1.29, 1.82) is 5.26 Å². The zero-order valence-corrected chi connectivity index (χ0v) is 17.3. The molecule has 0 saturated carbocycles. The number of fused-ring (bicyclic) bond motifs is 1. The zero-order chi connectivity index (χ0) is 20.4. The number of para-hydroxylation sites is 1. The largest absolute Gasteiger partial charge is 0.341 e. The fourth-order valence-electron chi connectivity index (χ4n) is 4.55. The van der Waals surface area contributed by atoms with Crippen molar-refractivity contribution in [3.05, 3.63) is 41.6 Å². The third kappa shape index (κ3) is 4.42. The monoisotopic (exact) mass is 391 g/mol. The molecule has 2 fully saturated rings. The van der Waals surface area contributed by atoms with Crippen LogP contribution in [0.15, 0.2) is 30.3 Å². The van der Waals surface area contributed by atoms with Crippen LogP contribution in [0, 0.1) is 17.2 Å². The van der Waals surface area contributed by atoms with Gasteiger partial charge in [-0.3, -0.25) is 14.7 Å². The Morgan fingerprint density at radius 3 is 2.72 bits per heavy atom. The van der Waals surface area contributed by atoms with Gasteiger partial charge in [0.1, 0.15) is 6.07 Å². The lowest BCUT2D eigenvalue weighted by Crippen LogP contribution is -2.51. The summed E-state index contributed by atoms with van der Waals surface area (Å²) in [6.45, 7) is 8.21. The molecule has 0 radical (unpaired) electrons. The van der Waals surface area contributed by atoms with Gasteiger partial charge >= 0.3 is 0 Å². The first-order chi connectivity index (χ1) is 14.0. The Labute approximate surface area is 172 Å². The summed E-state index contributed by atoms with van der Waals surface area (Å²) in [7, 11) is 2.13. The van der Waals surface area contributed by atoms with Gasteiger partial charge in [-0.2, -0.15) is 5.26 Å². The van der Waals surface area contributed by atoms with Crippen LogP contribution in [0.4, 0.5) is 0 Å². The molecule has 4 rings (SSSR count). The fraction of sp³-hybridized carbons (Fsp3) is 0.522. The molecule has 2 aromatic rings. The van der Waals surface area contributed by atoms with E-state index in [0.717, 1.165) is 55.7 Å². The maximum absolute atomic E-state index is 13.0. The molecule has 3 heterocycles. The van der Waals surface area contributed by atoms with E-state index < -0.39 is 0 Å². The summed E-state index contributed by atoms with van der Waals surface area (Å²) < 4.78 is 0. The van der Waals surface area contributed by atoms with Crippen molar-refractivity contribution in [3.63, 3.8) is 0 Å². The summed E-state index contributed by atoms with van der Waals surface area (Å²) in [6, 6.07) is 12.1. The van der Waals surface area contributed by atoms with E-state index in [1.165, 1.54) is 0 Å². The van der Waals surface area contributed by atoms with E-state index in [4.69, 9.17) is 4.98 Å². The van der Waals surface area contributed by atoms with Crippen molar-refractivity contribution >= 4 is 16.8 Å². The molecule has 152 valence electrons. The highest BCUT2D eigenvalue weighted by molar-refractivity contribution is 5.84. The lowest BCUT2D eigenvalue weighted by Gasteiger charge is -2.38. The summed E-state index contributed by atoms with van der Waals surface area (Å²) in [5.41, 5.74) is 2.36. The van der Waals surface area contributed by atoms with Crippen molar-refractivity contribution < 1.29 is 4.79 Å². The van der Waals surface area contributed by atoms with Gasteiger partial charge in [0.05, 0.1) is 17.6 Å². The number of piperidine rings is 1. The molecule has 1 amide bonds. The Morgan fingerprint density at radius 1 is 1.17 bits per heavy atom. The number of aromatic nitrogens is 1. The van der Waals surface area contributed by atoms with Crippen molar-refractivity contribution in [2.45, 2.75) is 19.3 Å². The van der Waals surface area contributed by atoms with E-state index in [2.05, 4.69) is 35.9 Å². The van der Waals surface area contributed by atoms with Gasteiger partial charge in [-0.15, -0.1) is 0 Å². The second-order valence-corrected chi connectivity index (χ2v) is 8.64. The third-order valence-electron chi connectivity index (χ3n) is 6.25. The number of hydrogen-bond donors (Lipinski definition) is 0. The summed E-state index contributed by atoms with van der Waals surface area (Å²) in [6.07, 6.45) is 1.02. The summed E-state index contributed by atoms with van der Waals surface area (Å²) >= 11 is 0. The minimum atomic E-state index is 0.214. The number of nitriles is 1. The second kappa shape index (κ2) is 8.48. The predicted molar refractivity (Wildman–Crippen MR) is 113 cm³/mol. The van der Waals surface area contributed by atoms with Crippen molar-refractivity contribution in [2.24, 2.45) is 5.92 Å². The first kappa shape index (κ1) is 19.8. The highest BCUT2D eigenvalue weighted by Crippen LogP contribution is 2.30. The number of amides is 1. The molecule has 2 atom stereocenters. The fourth-order valence-corrected chi connectivity index (χ4v) is 4.55. The molecule has 0 bridgehead atoms. The number of benzene rings is 1. The Kier molecular flexibility index (Phi) is 5.79. The maximum atomic E-state index is 13.0. The van der Waals surface area contributed by atoms with E-state index in [0.29, 0.717) is 24.6 Å². The Bertz CT molecular complexity index is 929. The van der Waals surface area contributed by atoms with Gasteiger partial charge < -0.3 is 9.80 Å². The number of rotatable bonds is 3. The minimum absolute atomic E-state index is 0.214. The lowest BCUT2D eigenvalue weighted by molar-refractivity contribution is -0.135. The molecule has 1 aromatic carbocycles. The van der Waals surface area contributed by atoms with E-state index in [1.807, 2.05) is 29.2 Å². The molecular weight excluding hydrogens is 362 g/mol. The molecule has 2 aliphatic heterocycles. The van der Waals surface area contributed by atoms with Crippen LogP contribution < -0.4 is 0 Å². The Morgan fingerprint density at radius 2 is 1.97 bits per heavy atom. The quantitative estimate of drug-likeness (QED) is 0.803. The number of likely N-dealkylation sites (N-methyl/N-ethyl adjacent to an activating group) is 1. The SMILES string of the molecule is C[C@@H]1C[C@H](c2ccc3cccc(C#N)c3n2)CN(C(=O)CN2CCN(C)CC2)C1. The van der Waals surface area contributed by atoms with E-state index in [1.54, 1.807) is 0 Å². The van der Waals surface area contributed by atoms with Gasteiger partial charge in [-0.1, -0.05) is 25.1 Å². The standard InChI is InChI=1S/C23H29N5O/c1-17-12-20(21-7-6-18-4-3-5-19(13-24)23(18)25-21)15-28(14-17)22(29)16-27-10-8-26(2)9-11-27/h3-7,17,20H,8-12,14-16H2,1-2H3/t17-,20+/m1/s1. The first-order valence-corrected chi connectivity index (χ1v) is 10.5. The number of pyridine rings is 1. The highest BCUT2D eigenvalue weighted by Gasteiger charge is 2.30. The second-order valence-electron chi connectivity index (χ2n) is 8.64. The molecule has 6 nitrogen and oxygen atoms in total. The van der Waals surface area contributed by atoms with Gasteiger partial charge in [0.15, 0.2) is 0 Å². The molecule has 6 heteroatoms. The Hall–Kier alpha value is -2.49. The summed E-state index contributed by atoms with van der Waals surface area (Å²) in [5, 5.41) is 10.4. The number of likely N-dealkylation sites (tertiary alicyclic amines) is 1. The van der Waals surface area contributed by atoms with Crippen molar-refractivity contribution in [3.8, 4) is 6.07 Å². The molecule has 1 aromatic heterocycles. The zero-order valence-electron chi connectivity index (χ0n) is 17.3. The molecule has 0 spiro atoms. The summed E-state index contributed by atoms with van der Waals surface area (Å²) in [4.78, 5) is 24.4. The van der Waals surface area contributed by atoms with E-state index in [-0.39, 0.29) is 11.8 Å². The van der Waals surface area contributed by atoms with E-state index in [9.17, 15) is 10.1 Å². The molecule has 2 aliphatic rings. The minimum Gasteiger partial charge on any atom is -0.341 e. The van der Waals surface area contributed by atoms with Crippen molar-refractivity contribution in [1.82, 2.24) is 19.7 Å². The number of carbonyl (C=O) groups is 1. The number of carbonyl (C=O) groups excluding carboxylic acids is 1. The lowest BCUT2D eigenvalue weighted by atomic mass is 9.87. The molecule has 2 saturated heterocycles. The summed E-state index contributed by atoms with van der Waals surface area (Å²) in [5.74, 6) is 0.879. The van der Waals surface area contributed by atoms with Crippen LogP contribution in [0.2, 0.25) is 0 Å². The van der Waals surface area contributed by atoms with Crippen LogP contribution >= 0.6 is 0 Å². The third-order valence-corrected chi connectivity index (χ3v) is 6.25. The van der Waals surface area contributed by atoms with Crippen LogP contribution in [0.3, 0.4) is 0 Å². The molecule has 29 heavy (non-hydrogen) atoms. The van der Waals surface area contributed by atoms with Gasteiger partial charge in [-0.05, 0) is 31.5 Å². The van der Waals surface area contributed by atoms with E-state index >= 15 is 0 Å². The average molecular weight is 392 g/mol. The molecule has 0 N–H and O–H groups in total. The van der Waals surface area contributed by atoms with Crippen LogP contribution in [0.1, 0.15) is 30.5 Å². The first-order valence-electron chi connectivity index (χ1n) is 10.5. The molecular formula is C23H29N5O. The van der Waals surface area contributed by atoms with Crippen molar-refractivity contribution in [2.75, 3.05) is 52.9 Å². The van der Waals surface area contributed by atoms with Crippen LogP contribution in [-0.2, 0) is 4.79 Å². The number of piperazine rings is 1. The number of nitrogens with zero attached hydrogens (tertiary/aromatic N) is 5. The van der Waals surface area contributed by atoms with Crippen LogP contribution in [0.25, 0.3) is 10.9 Å². The van der Waals surface area contributed by atoms with Gasteiger partial charge in [0, 0.05) is 56.3 Å². The normalized spacial score (nSPS) is 23.8. The number of hydrogen-bond acceptors (Lipinski definition) is 5. The maximum Gasteiger partial charge on any atom is 0.236 e. The predicted octanol–water partition coefficient (Wildman–Crippen LogP) is 2.31. The Balaban J connectivity index is 1.49. The average Bonchev–Trinajstić information content (AvgIpc) is 2.74. The topological polar surface area (TPSA) is 63.5 Å². The van der Waals surface area contributed by atoms with Crippen LogP contribution in [-0.4, -0.2) is 78.5 Å².